The van der Waals surface area contributed by atoms with E-state index in [4.69, 9.17) is 0 Å². The Morgan fingerprint density at radius 3 is 1.71 bits per heavy atom. The molecule has 0 spiro atoms. The van der Waals surface area contributed by atoms with Gasteiger partial charge in [0.25, 0.3) is 0 Å². The van der Waals surface area contributed by atoms with Crippen LogP contribution in [0.1, 0.15) is 38.8 Å². The normalized spacial score (nSPS) is 14.2. The molecule has 0 heterocycles. The third-order valence-corrected chi connectivity index (χ3v) is 11.8. The molecule has 3 aromatic rings. The van der Waals surface area contributed by atoms with Crippen LogP contribution < -0.4 is 20.7 Å². The molecule has 1 aliphatic rings. The number of rotatable bonds is 4. The third-order valence-electron chi connectivity index (χ3n) is 6.95. The van der Waals surface area contributed by atoms with Gasteiger partial charge in [0.05, 0.1) is 8.07 Å². The van der Waals surface area contributed by atoms with E-state index in [2.05, 4.69) is 140 Å². The van der Waals surface area contributed by atoms with E-state index in [1.54, 1.807) is 5.19 Å². The smallest absolute Gasteiger partial charge is 0.358 e. The maximum Gasteiger partial charge on any atom is 4.00 e. The van der Waals surface area contributed by atoms with Crippen LogP contribution in [0.2, 0.25) is 19.6 Å². The zero-order chi connectivity index (χ0) is 25.0. The van der Waals surface area contributed by atoms with Crippen LogP contribution in [0.3, 0.4) is 0 Å². The van der Waals surface area contributed by atoms with Crippen molar-refractivity contribution in [2.45, 2.75) is 61.2 Å². The second-order valence-corrected chi connectivity index (χ2v) is 18.2. The van der Waals surface area contributed by atoms with Gasteiger partial charge < -0.3 is 22.3 Å². The fraction of sp³-hybridized carbons (Fsp3) is 0.286. The zero-order valence-electron chi connectivity index (χ0n) is 26.0. The topological polar surface area (TPSA) is 0 Å². The van der Waals surface area contributed by atoms with Crippen LogP contribution in [-0.2, 0) is 21.7 Å². The van der Waals surface area contributed by atoms with Crippen molar-refractivity contribution < 1.29 is 21.7 Å². The summed E-state index contributed by atoms with van der Waals surface area (Å²) in [5, 5.41) is 6.05. The van der Waals surface area contributed by atoms with Crippen molar-refractivity contribution in [2.75, 3.05) is 0 Å². The summed E-state index contributed by atoms with van der Waals surface area (Å²) < 4.78 is 0. The molecular formula is C35H49Si2Ti. The molecule has 0 aromatic heterocycles. The predicted octanol–water partition coefficient (Wildman–Crippen LogP) is 7.44. The molecule has 0 aliphatic heterocycles. The van der Waals surface area contributed by atoms with E-state index in [-0.39, 0.29) is 44.0 Å². The maximum atomic E-state index is 3.36. The molecule has 0 saturated carbocycles. The second kappa shape index (κ2) is 16.4. The molecule has 1 radical (unpaired) electrons. The molecule has 201 valence electrons. The largest absolute Gasteiger partial charge is 4.00 e. The van der Waals surface area contributed by atoms with E-state index < -0.39 is 16.9 Å². The molecule has 0 fully saturated rings. The maximum absolute atomic E-state index is 3.36. The van der Waals surface area contributed by atoms with Crippen molar-refractivity contribution in [3.8, 4) is 0 Å². The summed E-state index contributed by atoms with van der Waals surface area (Å²) >= 11 is 0. The molecule has 0 bridgehead atoms. The van der Waals surface area contributed by atoms with Crippen molar-refractivity contribution in [2.24, 2.45) is 5.92 Å². The second-order valence-electron chi connectivity index (χ2n) is 10.7. The first-order valence-electron chi connectivity index (χ1n) is 12.4. The first-order valence-corrected chi connectivity index (χ1v) is 17.4. The average molecular weight is 574 g/mol. The van der Waals surface area contributed by atoms with Gasteiger partial charge in [0.1, 0.15) is 0 Å². The van der Waals surface area contributed by atoms with Gasteiger partial charge in [-0.25, -0.2) is 5.57 Å². The molecule has 0 N–H and O–H groups in total. The van der Waals surface area contributed by atoms with Gasteiger partial charge in [-0.15, -0.1) is 6.92 Å². The van der Waals surface area contributed by atoms with Crippen molar-refractivity contribution >= 4 is 37.6 Å². The van der Waals surface area contributed by atoms with Gasteiger partial charge in [-0.05, 0) is 19.0 Å². The molecule has 0 nitrogen and oxygen atoms in total. The molecule has 1 aliphatic carbocycles. The Kier molecular flexibility index (Phi) is 16.6. The molecule has 3 heteroatoms. The summed E-state index contributed by atoms with van der Waals surface area (Å²) in [4.78, 5) is 0. The van der Waals surface area contributed by atoms with Crippen molar-refractivity contribution in [1.29, 1.82) is 0 Å². The number of aryl methyl sites for hydroxylation is 2. The molecule has 1 atom stereocenters. The minimum absolute atomic E-state index is 0. The van der Waals surface area contributed by atoms with Crippen LogP contribution in [0.15, 0.2) is 89.5 Å². The number of benzene rings is 3. The first-order chi connectivity index (χ1) is 16.0. The van der Waals surface area contributed by atoms with Crippen LogP contribution in [0.25, 0.3) is 0 Å². The number of hydrogen-bond donors (Lipinski definition) is 0. The molecule has 0 amide bonds. The molecule has 0 saturated heterocycles. The van der Waals surface area contributed by atoms with E-state index in [0.717, 1.165) is 0 Å². The Morgan fingerprint density at radius 1 is 0.711 bits per heavy atom. The van der Waals surface area contributed by atoms with Gasteiger partial charge in [-0.3, -0.25) is 6.08 Å². The Morgan fingerprint density at radius 2 is 1.26 bits per heavy atom. The minimum Gasteiger partial charge on any atom is -0.358 e. The molecule has 4 rings (SSSR count). The Labute approximate surface area is 254 Å². The van der Waals surface area contributed by atoms with E-state index >= 15 is 0 Å². The quantitative estimate of drug-likeness (QED) is 0.173. The summed E-state index contributed by atoms with van der Waals surface area (Å²) in [6.07, 6.45) is 3.36. The van der Waals surface area contributed by atoms with E-state index in [9.17, 15) is 0 Å². The van der Waals surface area contributed by atoms with E-state index in [1.807, 2.05) is 0 Å². The summed E-state index contributed by atoms with van der Waals surface area (Å²) in [6.45, 7) is 20.5. The van der Waals surface area contributed by atoms with Gasteiger partial charge in [-0.1, -0.05) is 146 Å². The first kappa shape index (κ1) is 38.4. The van der Waals surface area contributed by atoms with Crippen LogP contribution in [0.5, 0.6) is 0 Å². The predicted molar refractivity (Wildman–Crippen MR) is 176 cm³/mol. The molecule has 38 heavy (non-hydrogen) atoms. The SMILES string of the molecule is CC1=[C-]C(C)C(C)=C1C.Cc1cc([Si](c2ccccc2)c2ccccc2C)cc([Si](C)(C)C)c1.[CH3-].[CH3-].[CH3-].[Ti+4]. The van der Waals surface area contributed by atoms with Gasteiger partial charge in [0.2, 0.25) is 0 Å². The standard InChI is InChI=1S/C23H27Si2.C9H13.3CH3.Ti/c1-18-15-21(17-22(16-18)25(3,4)5)24(20-12-7-6-8-13-20)23-14-10-9-11-19(23)2;1-6-5-7(2)9(4)8(6)3;;;;/h6-17H,1-5H3;6H,1-4H3;3*1H3;/q;4*-1;+4. The fourth-order valence-electron chi connectivity index (χ4n) is 4.46. The van der Waals surface area contributed by atoms with Gasteiger partial charge >= 0.3 is 21.7 Å². The molecular weight excluding hydrogens is 524 g/mol. The zero-order valence-corrected chi connectivity index (χ0v) is 29.6. The summed E-state index contributed by atoms with van der Waals surface area (Å²) in [6, 6.07) is 27.3. The van der Waals surface area contributed by atoms with Crippen LogP contribution in [0.4, 0.5) is 0 Å². The monoisotopic (exact) mass is 573 g/mol. The Hall–Kier alpha value is -1.71. The summed E-state index contributed by atoms with van der Waals surface area (Å²) in [5.41, 5.74) is 7.04. The fourth-order valence-corrected chi connectivity index (χ4v) is 8.75. The van der Waals surface area contributed by atoms with Crippen molar-refractivity contribution in [1.82, 2.24) is 0 Å². The Balaban J connectivity index is 0. The Bertz CT molecular complexity index is 1200. The van der Waals surface area contributed by atoms with Crippen LogP contribution >= 0.6 is 0 Å². The molecule has 3 aromatic carbocycles. The van der Waals surface area contributed by atoms with E-state index in [0.29, 0.717) is 5.92 Å². The van der Waals surface area contributed by atoms with Gasteiger partial charge in [0.15, 0.2) is 8.80 Å². The minimum atomic E-state index is -1.34. The molecule has 1 unspecified atom stereocenters. The van der Waals surface area contributed by atoms with E-state index in [1.165, 1.54) is 43.4 Å². The summed E-state index contributed by atoms with van der Waals surface area (Å²) in [7, 11) is -2.33. The van der Waals surface area contributed by atoms with Crippen LogP contribution in [0, 0.1) is 48.1 Å². The van der Waals surface area contributed by atoms with Gasteiger partial charge in [-0.2, -0.15) is 11.1 Å². The van der Waals surface area contributed by atoms with Gasteiger partial charge in [0, 0.05) is 0 Å². The average Bonchev–Trinajstić information content (AvgIpc) is 3.01. The van der Waals surface area contributed by atoms with Crippen molar-refractivity contribution in [3.05, 3.63) is 129 Å². The summed E-state index contributed by atoms with van der Waals surface area (Å²) in [5.74, 6) is 0.560. The number of allylic oxidation sites excluding steroid dienone is 4. The van der Waals surface area contributed by atoms with Crippen molar-refractivity contribution in [3.63, 3.8) is 0 Å². The van der Waals surface area contributed by atoms with Crippen LogP contribution in [-0.4, -0.2) is 16.9 Å². The third kappa shape index (κ3) is 9.49. The number of hydrogen-bond acceptors (Lipinski definition) is 0.